The maximum Gasteiger partial charge on any atom is 0.231 e. The molecule has 7 nitrogen and oxygen atoms in total. The molecule has 0 saturated heterocycles. The van der Waals surface area contributed by atoms with E-state index in [4.69, 9.17) is 0 Å². The highest BCUT2D eigenvalue weighted by Crippen LogP contribution is 2.23. The summed E-state index contributed by atoms with van der Waals surface area (Å²) in [7, 11) is 0. The summed E-state index contributed by atoms with van der Waals surface area (Å²) in [5.74, 6) is 0. The average molecular weight is 418 g/mol. The Kier molecular flexibility index (Phi) is 4.66. The van der Waals surface area contributed by atoms with Crippen LogP contribution in [-0.4, -0.2) is 31.6 Å². The highest BCUT2D eigenvalue weighted by atomic mass is 32.1. The molecule has 0 bridgehead atoms. The largest absolute Gasteiger partial charge is 0.345 e. The van der Waals surface area contributed by atoms with Crippen molar-refractivity contribution in [3.05, 3.63) is 69.5 Å². The quantitative estimate of drug-likeness (QED) is 0.444. The number of rotatable bonds is 4. The van der Waals surface area contributed by atoms with Gasteiger partial charge in [0.2, 0.25) is 9.93 Å². The summed E-state index contributed by atoms with van der Waals surface area (Å²) >= 11 is 2.90. The van der Waals surface area contributed by atoms with Crippen molar-refractivity contribution >= 4 is 55.3 Å². The van der Waals surface area contributed by atoms with E-state index in [-0.39, 0.29) is 0 Å². The number of aryl methyl sites for hydroxylation is 1. The lowest BCUT2D eigenvalue weighted by atomic mass is 10.2. The Morgan fingerprint density at radius 2 is 1.83 bits per heavy atom. The number of aromatic amines is 1. The van der Waals surface area contributed by atoms with Gasteiger partial charge in [0.05, 0.1) is 6.54 Å². The van der Waals surface area contributed by atoms with E-state index >= 15 is 0 Å². The van der Waals surface area contributed by atoms with Crippen LogP contribution in [0.25, 0.3) is 21.3 Å². The molecule has 1 N–H and O–H groups in total. The van der Waals surface area contributed by atoms with Crippen LogP contribution < -0.4 is 4.80 Å². The Labute approximate surface area is 173 Å². The fraction of sp³-hybridized carbons (Fsp3) is 0.100. The van der Waals surface area contributed by atoms with Crippen LogP contribution in [0.5, 0.6) is 0 Å². The standard InChI is InChI=1S/C20H15N7S2/c1-12-6-8-13(9-7-12)10-21-19-26-24-16(28-19)11-22-20-27-25-17-14-4-2-3-5-15(14)23-18(17)29-20/h2-10,23H,11H2,1H3/b21-10+,22-20?. The third-order valence-electron chi connectivity index (χ3n) is 4.28. The number of aromatic nitrogens is 5. The van der Waals surface area contributed by atoms with Gasteiger partial charge in [-0.05, 0) is 18.6 Å². The lowest BCUT2D eigenvalue weighted by molar-refractivity contribution is 0.904. The zero-order chi connectivity index (χ0) is 19.6. The van der Waals surface area contributed by atoms with Gasteiger partial charge in [-0.25, -0.2) is 9.98 Å². The molecule has 29 heavy (non-hydrogen) atoms. The second-order valence-corrected chi connectivity index (χ2v) is 8.41. The summed E-state index contributed by atoms with van der Waals surface area (Å²) in [6, 6.07) is 16.2. The number of aliphatic imine (C=N–C) groups is 1. The molecule has 0 radical (unpaired) electrons. The van der Waals surface area contributed by atoms with Crippen LogP contribution in [-0.2, 0) is 6.54 Å². The lowest BCUT2D eigenvalue weighted by Gasteiger charge is -1.92. The molecule has 5 rings (SSSR count). The minimum Gasteiger partial charge on any atom is -0.345 e. The number of hydrogen-bond acceptors (Lipinski definition) is 8. The van der Waals surface area contributed by atoms with Gasteiger partial charge in [-0.1, -0.05) is 70.7 Å². The fourth-order valence-electron chi connectivity index (χ4n) is 2.82. The second kappa shape index (κ2) is 7.61. The summed E-state index contributed by atoms with van der Waals surface area (Å²) in [5, 5.41) is 19.3. The summed E-state index contributed by atoms with van der Waals surface area (Å²) < 4.78 is 0. The molecule has 0 fully saturated rings. The first-order valence-corrected chi connectivity index (χ1v) is 10.6. The van der Waals surface area contributed by atoms with Gasteiger partial charge in [-0.15, -0.1) is 20.4 Å². The SMILES string of the molecule is Cc1ccc(/C=N/c2nnc(CN=c3nnc4c([nH]c5ccccc54)s3)s2)cc1. The van der Waals surface area contributed by atoms with Crippen LogP contribution >= 0.6 is 22.7 Å². The molecule has 0 aliphatic heterocycles. The van der Waals surface area contributed by atoms with Crippen LogP contribution in [0.4, 0.5) is 5.13 Å². The van der Waals surface area contributed by atoms with Crippen molar-refractivity contribution in [3.8, 4) is 0 Å². The van der Waals surface area contributed by atoms with E-state index in [1.165, 1.54) is 28.2 Å². The van der Waals surface area contributed by atoms with Crippen molar-refractivity contribution in [1.82, 2.24) is 25.4 Å². The highest BCUT2D eigenvalue weighted by molar-refractivity contribution is 7.15. The van der Waals surface area contributed by atoms with E-state index in [9.17, 15) is 0 Å². The summed E-state index contributed by atoms with van der Waals surface area (Å²) in [4.78, 5) is 13.8. The van der Waals surface area contributed by atoms with Gasteiger partial charge in [0.15, 0.2) is 0 Å². The molecule has 3 aromatic heterocycles. The van der Waals surface area contributed by atoms with Gasteiger partial charge in [0, 0.05) is 17.1 Å². The molecule has 2 aromatic carbocycles. The summed E-state index contributed by atoms with van der Waals surface area (Å²) in [6.45, 7) is 2.46. The van der Waals surface area contributed by atoms with Crippen molar-refractivity contribution < 1.29 is 0 Å². The Hall–Kier alpha value is -3.30. The Morgan fingerprint density at radius 3 is 2.72 bits per heavy atom. The molecule has 0 aliphatic rings. The zero-order valence-electron chi connectivity index (χ0n) is 15.4. The average Bonchev–Trinajstić information content (AvgIpc) is 3.35. The molecule has 0 saturated carbocycles. The molecule has 142 valence electrons. The Balaban J connectivity index is 1.35. The first-order valence-electron chi connectivity index (χ1n) is 8.92. The van der Waals surface area contributed by atoms with Gasteiger partial charge in [-0.3, -0.25) is 0 Å². The maximum absolute atomic E-state index is 4.52. The normalized spacial score (nSPS) is 12.5. The third kappa shape index (κ3) is 3.82. The van der Waals surface area contributed by atoms with Crippen LogP contribution in [0.2, 0.25) is 0 Å². The third-order valence-corrected chi connectivity index (χ3v) is 5.99. The number of H-pyrrole nitrogens is 1. The van der Waals surface area contributed by atoms with E-state index in [2.05, 4.69) is 54.4 Å². The molecule has 0 aliphatic carbocycles. The van der Waals surface area contributed by atoms with Crippen molar-refractivity contribution in [2.75, 3.05) is 0 Å². The van der Waals surface area contributed by atoms with Gasteiger partial charge in [-0.2, -0.15) is 0 Å². The first-order chi connectivity index (χ1) is 14.2. The fourth-order valence-corrected chi connectivity index (χ4v) is 4.23. The molecule has 5 aromatic rings. The van der Waals surface area contributed by atoms with Crippen LogP contribution in [0.1, 0.15) is 16.1 Å². The van der Waals surface area contributed by atoms with Crippen LogP contribution in [0.15, 0.2) is 58.5 Å². The predicted octanol–water partition coefficient (Wildman–Crippen LogP) is 4.18. The monoisotopic (exact) mass is 417 g/mol. The number of nitrogens with one attached hydrogen (secondary N) is 1. The van der Waals surface area contributed by atoms with E-state index in [0.717, 1.165) is 31.8 Å². The van der Waals surface area contributed by atoms with E-state index in [0.29, 0.717) is 16.5 Å². The number of para-hydroxylation sites is 1. The maximum atomic E-state index is 4.52. The van der Waals surface area contributed by atoms with E-state index in [1.807, 2.05) is 36.4 Å². The molecular weight excluding hydrogens is 402 g/mol. The molecular formula is C20H15N7S2. The summed E-state index contributed by atoms with van der Waals surface area (Å²) in [6.07, 6.45) is 1.79. The van der Waals surface area contributed by atoms with E-state index < -0.39 is 0 Å². The minimum absolute atomic E-state index is 0.397. The Morgan fingerprint density at radius 1 is 0.966 bits per heavy atom. The van der Waals surface area contributed by atoms with E-state index in [1.54, 1.807) is 6.21 Å². The van der Waals surface area contributed by atoms with Gasteiger partial charge in [0.1, 0.15) is 15.4 Å². The van der Waals surface area contributed by atoms with Crippen LogP contribution in [0.3, 0.4) is 0 Å². The minimum atomic E-state index is 0.397. The topological polar surface area (TPSA) is 92.1 Å². The highest BCUT2D eigenvalue weighted by Gasteiger charge is 2.06. The number of nitrogens with zero attached hydrogens (tertiary/aromatic N) is 6. The first kappa shape index (κ1) is 17.8. The van der Waals surface area contributed by atoms with Gasteiger partial charge in [0.25, 0.3) is 0 Å². The molecule has 3 heterocycles. The molecule has 0 unspecified atom stereocenters. The molecule has 0 spiro atoms. The lowest BCUT2D eigenvalue weighted by Crippen LogP contribution is -2.05. The molecule has 9 heteroatoms. The number of benzene rings is 2. The van der Waals surface area contributed by atoms with Crippen molar-refractivity contribution in [2.45, 2.75) is 13.5 Å². The Bertz CT molecular complexity index is 1390. The second-order valence-electron chi connectivity index (χ2n) is 6.40. The van der Waals surface area contributed by atoms with Crippen molar-refractivity contribution in [3.63, 3.8) is 0 Å². The molecule has 0 atom stereocenters. The van der Waals surface area contributed by atoms with Gasteiger partial charge >= 0.3 is 0 Å². The number of hydrogen-bond donors (Lipinski definition) is 1. The van der Waals surface area contributed by atoms with Crippen molar-refractivity contribution in [1.29, 1.82) is 0 Å². The zero-order valence-corrected chi connectivity index (χ0v) is 17.0. The smallest absolute Gasteiger partial charge is 0.231 e. The molecule has 0 amide bonds. The van der Waals surface area contributed by atoms with Gasteiger partial charge < -0.3 is 4.98 Å². The number of fused-ring (bicyclic) bond motifs is 3. The summed E-state index contributed by atoms with van der Waals surface area (Å²) in [5.41, 5.74) is 4.16. The van der Waals surface area contributed by atoms with Crippen molar-refractivity contribution in [2.24, 2.45) is 9.98 Å². The van der Waals surface area contributed by atoms with Crippen LogP contribution in [0, 0.1) is 6.92 Å². The predicted molar refractivity (Wildman–Crippen MR) is 117 cm³/mol.